The lowest BCUT2D eigenvalue weighted by molar-refractivity contribution is -0.121. The number of carbonyl (C=O) groups is 2. The van der Waals surface area contributed by atoms with Crippen LogP contribution in [0.1, 0.15) is 12.8 Å². The number of pyridine rings is 1. The average Bonchev–Trinajstić information content (AvgIpc) is 2.58. The zero-order valence-electron chi connectivity index (χ0n) is 12.6. The highest BCUT2D eigenvalue weighted by Gasteiger charge is 2.30. The molecule has 1 aliphatic rings. The number of hydrogen-bond acceptors (Lipinski definition) is 3. The van der Waals surface area contributed by atoms with Gasteiger partial charge in [0.25, 0.3) is 0 Å². The molecule has 0 spiro atoms. The highest BCUT2D eigenvalue weighted by atomic mass is 16.2. The Bertz CT molecular complexity index is 676. The molecule has 1 atom stereocenters. The molecule has 6 nitrogen and oxygen atoms in total. The summed E-state index contributed by atoms with van der Waals surface area (Å²) in [7, 11) is 0. The number of anilines is 2. The standard InChI is InChI=1S/C17H18N4O2/c22-16-15(20-17(23)19-13-6-4-10-18-12-13)9-5-11-21(16)14-7-2-1-3-8-14/h1-4,6-8,10,12,15H,5,9,11H2,(H2,19,20,23)/t15-/m1/s1. The van der Waals surface area contributed by atoms with Crippen LogP contribution in [0, 0.1) is 0 Å². The Balaban J connectivity index is 1.63. The first kappa shape index (κ1) is 15.0. The first-order valence-corrected chi connectivity index (χ1v) is 7.58. The molecule has 1 fully saturated rings. The molecular formula is C17H18N4O2. The van der Waals surface area contributed by atoms with Crippen molar-refractivity contribution in [1.82, 2.24) is 10.3 Å². The Morgan fingerprint density at radius 2 is 2.00 bits per heavy atom. The molecule has 0 aliphatic carbocycles. The molecule has 23 heavy (non-hydrogen) atoms. The fourth-order valence-corrected chi connectivity index (χ4v) is 2.64. The quantitative estimate of drug-likeness (QED) is 0.914. The van der Waals surface area contributed by atoms with Gasteiger partial charge in [-0.2, -0.15) is 0 Å². The van der Waals surface area contributed by atoms with Gasteiger partial charge in [0, 0.05) is 18.4 Å². The van der Waals surface area contributed by atoms with E-state index in [1.807, 2.05) is 30.3 Å². The van der Waals surface area contributed by atoms with Crippen LogP contribution in [0.4, 0.5) is 16.2 Å². The van der Waals surface area contributed by atoms with Crippen LogP contribution in [0.2, 0.25) is 0 Å². The number of piperidine rings is 1. The van der Waals surface area contributed by atoms with Gasteiger partial charge in [0.2, 0.25) is 5.91 Å². The first-order chi connectivity index (χ1) is 11.2. The molecular weight excluding hydrogens is 292 g/mol. The van der Waals surface area contributed by atoms with Crippen molar-refractivity contribution < 1.29 is 9.59 Å². The third-order valence-corrected chi connectivity index (χ3v) is 3.73. The van der Waals surface area contributed by atoms with E-state index in [4.69, 9.17) is 0 Å². The molecule has 1 saturated heterocycles. The molecule has 0 bridgehead atoms. The van der Waals surface area contributed by atoms with Crippen LogP contribution < -0.4 is 15.5 Å². The third-order valence-electron chi connectivity index (χ3n) is 3.73. The van der Waals surface area contributed by atoms with E-state index in [0.29, 0.717) is 18.7 Å². The highest BCUT2D eigenvalue weighted by molar-refractivity contribution is 6.01. The van der Waals surface area contributed by atoms with Crippen molar-refractivity contribution in [2.24, 2.45) is 0 Å². The van der Waals surface area contributed by atoms with Crippen LogP contribution in [0.15, 0.2) is 54.9 Å². The Morgan fingerprint density at radius 1 is 1.17 bits per heavy atom. The van der Waals surface area contributed by atoms with Gasteiger partial charge in [-0.05, 0) is 37.1 Å². The fraction of sp³-hybridized carbons (Fsp3) is 0.235. The van der Waals surface area contributed by atoms with Crippen molar-refractivity contribution in [3.05, 3.63) is 54.9 Å². The van der Waals surface area contributed by atoms with Gasteiger partial charge in [-0.3, -0.25) is 9.78 Å². The summed E-state index contributed by atoms with van der Waals surface area (Å²) in [6.07, 6.45) is 4.67. The van der Waals surface area contributed by atoms with E-state index in [9.17, 15) is 9.59 Å². The second kappa shape index (κ2) is 6.91. The molecule has 3 rings (SSSR count). The molecule has 1 aromatic heterocycles. The average molecular weight is 310 g/mol. The van der Waals surface area contributed by atoms with E-state index in [1.165, 1.54) is 0 Å². The summed E-state index contributed by atoms with van der Waals surface area (Å²) in [6, 6.07) is 12.1. The summed E-state index contributed by atoms with van der Waals surface area (Å²) in [5.74, 6) is -0.0798. The highest BCUT2D eigenvalue weighted by Crippen LogP contribution is 2.20. The smallest absolute Gasteiger partial charge is 0.319 e. The SMILES string of the molecule is O=C(Nc1cccnc1)N[C@@H]1CCCN(c2ccccc2)C1=O. The topological polar surface area (TPSA) is 74.3 Å². The van der Waals surface area contributed by atoms with Gasteiger partial charge in [-0.25, -0.2) is 4.79 Å². The predicted octanol–water partition coefficient (Wildman–Crippen LogP) is 2.40. The molecule has 2 N–H and O–H groups in total. The van der Waals surface area contributed by atoms with Gasteiger partial charge in [-0.1, -0.05) is 18.2 Å². The molecule has 0 radical (unpaired) electrons. The van der Waals surface area contributed by atoms with E-state index in [-0.39, 0.29) is 5.91 Å². The number of carbonyl (C=O) groups excluding carboxylic acids is 2. The summed E-state index contributed by atoms with van der Waals surface area (Å²) in [5.41, 5.74) is 1.45. The summed E-state index contributed by atoms with van der Waals surface area (Å²) in [6.45, 7) is 0.672. The number of nitrogens with one attached hydrogen (secondary N) is 2. The number of hydrogen-bond donors (Lipinski definition) is 2. The molecule has 0 unspecified atom stereocenters. The lowest BCUT2D eigenvalue weighted by Gasteiger charge is -2.32. The van der Waals surface area contributed by atoms with Gasteiger partial charge < -0.3 is 15.5 Å². The van der Waals surface area contributed by atoms with Crippen molar-refractivity contribution >= 4 is 23.3 Å². The molecule has 2 aromatic rings. The molecule has 2 heterocycles. The molecule has 118 valence electrons. The minimum atomic E-state index is -0.513. The van der Waals surface area contributed by atoms with Crippen molar-refractivity contribution in [2.45, 2.75) is 18.9 Å². The van der Waals surface area contributed by atoms with E-state index in [1.54, 1.807) is 29.4 Å². The Hall–Kier alpha value is -2.89. The van der Waals surface area contributed by atoms with Gasteiger partial charge in [0.1, 0.15) is 6.04 Å². The van der Waals surface area contributed by atoms with E-state index >= 15 is 0 Å². The number of benzene rings is 1. The first-order valence-electron chi connectivity index (χ1n) is 7.58. The molecule has 1 aromatic carbocycles. The third kappa shape index (κ3) is 3.66. The molecule has 0 saturated carbocycles. The monoisotopic (exact) mass is 310 g/mol. The minimum absolute atomic E-state index is 0.0798. The Morgan fingerprint density at radius 3 is 2.74 bits per heavy atom. The Labute approximate surface area is 134 Å². The molecule has 6 heteroatoms. The van der Waals surface area contributed by atoms with E-state index in [0.717, 1.165) is 12.1 Å². The lowest BCUT2D eigenvalue weighted by atomic mass is 10.0. The van der Waals surface area contributed by atoms with Crippen LogP contribution >= 0.6 is 0 Å². The van der Waals surface area contributed by atoms with Crippen LogP contribution in [0.5, 0.6) is 0 Å². The second-order valence-corrected chi connectivity index (χ2v) is 5.36. The minimum Gasteiger partial charge on any atom is -0.326 e. The van der Waals surface area contributed by atoms with Gasteiger partial charge in [-0.15, -0.1) is 0 Å². The van der Waals surface area contributed by atoms with Gasteiger partial charge in [0.05, 0.1) is 11.9 Å². The maximum Gasteiger partial charge on any atom is 0.319 e. The zero-order valence-corrected chi connectivity index (χ0v) is 12.6. The van der Waals surface area contributed by atoms with Gasteiger partial charge >= 0.3 is 6.03 Å². The number of rotatable bonds is 3. The number of aromatic nitrogens is 1. The zero-order chi connectivity index (χ0) is 16.1. The summed E-state index contributed by atoms with van der Waals surface area (Å²) < 4.78 is 0. The van der Waals surface area contributed by atoms with Crippen molar-refractivity contribution in [2.75, 3.05) is 16.8 Å². The van der Waals surface area contributed by atoms with Crippen molar-refractivity contribution in [1.29, 1.82) is 0 Å². The van der Waals surface area contributed by atoms with Crippen molar-refractivity contribution in [3.63, 3.8) is 0 Å². The maximum atomic E-state index is 12.6. The van der Waals surface area contributed by atoms with E-state index < -0.39 is 12.1 Å². The number of nitrogens with zero attached hydrogens (tertiary/aromatic N) is 2. The molecule has 3 amide bonds. The predicted molar refractivity (Wildman–Crippen MR) is 88.2 cm³/mol. The van der Waals surface area contributed by atoms with Crippen LogP contribution in [-0.2, 0) is 4.79 Å². The van der Waals surface area contributed by atoms with Crippen LogP contribution in [-0.4, -0.2) is 29.5 Å². The normalized spacial score (nSPS) is 17.7. The maximum absolute atomic E-state index is 12.6. The fourth-order valence-electron chi connectivity index (χ4n) is 2.64. The number of para-hydroxylation sites is 1. The van der Waals surface area contributed by atoms with Crippen LogP contribution in [0.3, 0.4) is 0 Å². The molecule has 1 aliphatic heterocycles. The number of urea groups is 1. The second-order valence-electron chi connectivity index (χ2n) is 5.36. The van der Waals surface area contributed by atoms with E-state index in [2.05, 4.69) is 15.6 Å². The van der Waals surface area contributed by atoms with Crippen LogP contribution in [0.25, 0.3) is 0 Å². The Kier molecular flexibility index (Phi) is 4.52. The number of amides is 3. The summed E-state index contributed by atoms with van der Waals surface area (Å²) in [5, 5.41) is 5.43. The van der Waals surface area contributed by atoms with Gasteiger partial charge in [0.15, 0.2) is 0 Å². The lowest BCUT2D eigenvalue weighted by Crippen LogP contribution is -2.53. The van der Waals surface area contributed by atoms with Crippen molar-refractivity contribution in [3.8, 4) is 0 Å². The largest absolute Gasteiger partial charge is 0.326 e. The summed E-state index contributed by atoms with van der Waals surface area (Å²) in [4.78, 5) is 30.3. The summed E-state index contributed by atoms with van der Waals surface area (Å²) >= 11 is 0.